The Morgan fingerprint density at radius 2 is 1.19 bits per heavy atom. The molecule has 136 valence electrons. The van der Waals surface area contributed by atoms with Crippen molar-refractivity contribution >= 4 is 25.1 Å². The van der Waals surface area contributed by atoms with E-state index in [0.29, 0.717) is 16.0 Å². The first kappa shape index (κ1) is 21.0. The molecule has 0 aliphatic carbocycles. The number of nitrogens with zero attached hydrogens (tertiary/aromatic N) is 1. The molecule has 0 heterocycles. The van der Waals surface area contributed by atoms with E-state index in [1.165, 1.54) is 0 Å². The highest BCUT2D eigenvalue weighted by Gasteiger charge is 2.28. The second-order valence-corrected chi connectivity index (χ2v) is 5.31. The Bertz CT molecular complexity index is 750. The highest BCUT2D eigenvalue weighted by molar-refractivity contribution is 6.30. The summed E-state index contributed by atoms with van der Waals surface area (Å²) in [5, 5.41) is 29.1. The van der Waals surface area contributed by atoms with Crippen LogP contribution in [0.25, 0.3) is 0 Å². The van der Waals surface area contributed by atoms with E-state index in [-0.39, 0.29) is 0 Å². The first-order valence-electron chi connectivity index (χ1n) is 7.55. The third-order valence-electron chi connectivity index (χ3n) is 3.40. The molecule has 0 unspecified atom stereocenters. The summed E-state index contributed by atoms with van der Waals surface area (Å²) in [5.41, 5.74) is 7.61. The van der Waals surface area contributed by atoms with Crippen molar-refractivity contribution in [3.63, 3.8) is 0 Å². The van der Waals surface area contributed by atoms with Gasteiger partial charge < -0.3 is 20.8 Å². The number of amides is 2. The van der Waals surface area contributed by atoms with Gasteiger partial charge in [-0.1, -0.05) is 36.4 Å². The molecular formula is C17H20BN3O5. The third-order valence-corrected chi connectivity index (χ3v) is 3.40. The number of carbonyl (C=O) groups is 2. The summed E-state index contributed by atoms with van der Waals surface area (Å²) in [7, 11) is -2.17. The number of guanidine groups is 1. The Morgan fingerprint density at radius 1 is 0.885 bits per heavy atom. The Morgan fingerprint density at radius 3 is 1.46 bits per heavy atom. The number of aryl methyl sites for hydroxylation is 2. The van der Waals surface area contributed by atoms with Crippen LogP contribution in [0, 0.1) is 19.3 Å². The summed E-state index contributed by atoms with van der Waals surface area (Å²) in [6.07, 6.45) is 0. The maximum absolute atomic E-state index is 12.6. The molecule has 0 radical (unpaired) electrons. The van der Waals surface area contributed by atoms with Crippen molar-refractivity contribution in [2.24, 2.45) is 5.73 Å². The maximum atomic E-state index is 12.6. The van der Waals surface area contributed by atoms with Gasteiger partial charge in [0.1, 0.15) is 0 Å². The minimum atomic E-state index is -2.17. The van der Waals surface area contributed by atoms with Crippen LogP contribution in [0.3, 0.4) is 0 Å². The maximum Gasteiger partial charge on any atom is 0.631 e. The second-order valence-electron chi connectivity index (χ2n) is 5.31. The van der Waals surface area contributed by atoms with Crippen LogP contribution in [0.4, 0.5) is 0 Å². The Hall–Kier alpha value is -3.01. The zero-order valence-corrected chi connectivity index (χ0v) is 14.4. The van der Waals surface area contributed by atoms with E-state index in [9.17, 15) is 9.59 Å². The minimum Gasteiger partial charge on any atom is -0.402 e. The van der Waals surface area contributed by atoms with Crippen LogP contribution in [0.2, 0.25) is 0 Å². The summed E-state index contributed by atoms with van der Waals surface area (Å²) >= 11 is 0. The number of imide groups is 1. The van der Waals surface area contributed by atoms with Crippen LogP contribution >= 0.6 is 0 Å². The van der Waals surface area contributed by atoms with Gasteiger partial charge in [0.15, 0.2) is 0 Å². The first-order valence-corrected chi connectivity index (χ1v) is 7.55. The third kappa shape index (κ3) is 5.52. The number of carbonyl (C=O) groups excluding carboxylic acids is 2. The van der Waals surface area contributed by atoms with Gasteiger partial charge in [0.2, 0.25) is 5.96 Å². The molecule has 0 saturated heterocycles. The predicted octanol–water partition coefficient (Wildman–Crippen LogP) is 0.428. The molecule has 9 heteroatoms. The van der Waals surface area contributed by atoms with Gasteiger partial charge >= 0.3 is 7.32 Å². The van der Waals surface area contributed by atoms with Crippen LogP contribution in [0.15, 0.2) is 48.5 Å². The van der Waals surface area contributed by atoms with Gasteiger partial charge in [-0.2, -0.15) is 0 Å². The molecule has 0 bridgehead atoms. The lowest BCUT2D eigenvalue weighted by molar-refractivity contribution is 0.0710. The molecule has 0 fully saturated rings. The molecule has 0 aromatic heterocycles. The van der Waals surface area contributed by atoms with Crippen LogP contribution in [-0.2, 0) is 0 Å². The summed E-state index contributed by atoms with van der Waals surface area (Å²) in [6, 6.07) is 13.8. The van der Waals surface area contributed by atoms with E-state index in [1.807, 2.05) is 0 Å². The number of nitrogens with two attached hydrogens (primary N) is 1. The number of nitrogens with one attached hydrogen (secondary N) is 1. The zero-order chi connectivity index (χ0) is 19.9. The van der Waals surface area contributed by atoms with E-state index in [0.717, 1.165) is 11.1 Å². The molecule has 2 amide bonds. The van der Waals surface area contributed by atoms with Gasteiger partial charge in [-0.15, -0.1) is 0 Å². The molecule has 6 N–H and O–H groups in total. The minimum absolute atomic E-state index is 0.347. The number of benzene rings is 2. The number of rotatable bonds is 2. The molecule has 0 saturated carbocycles. The van der Waals surface area contributed by atoms with Crippen molar-refractivity contribution in [2.45, 2.75) is 13.8 Å². The van der Waals surface area contributed by atoms with Crippen LogP contribution in [0.1, 0.15) is 31.8 Å². The Kier molecular flexibility index (Phi) is 7.66. The number of hydrogen-bond donors (Lipinski definition) is 5. The predicted molar refractivity (Wildman–Crippen MR) is 97.2 cm³/mol. The van der Waals surface area contributed by atoms with Crippen molar-refractivity contribution in [1.29, 1.82) is 5.41 Å². The van der Waals surface area contributed by atoms with Crippen LogP contribution in [-0.4, -0.2) is 45.1 Å². The zero-order valence-electron chi connectivity index (χ0n) is 14.4. The second kappa shape index (κ2) is 9.47. The standard InChI is InChI=1S/C17H17N3O2.BH3O3/c1-11-7-3-5-9-13(11)15(21)20(17(18)19)16(22)14-10-6-4-8-12(14)2;2-1(3)4/h3-10H,1-2H3,(H3,18,19);2-4H. The van der Waals surface area contributed by atoms with E-state index in [2.05, 4.69) is 0 Å². The topological polar surface area (TPSA) is 148 Å². The van der Waals surface area contributed by atoms with E-state index in [1.54, 1.807) is 62.4 Å². The average Bonchev–Trinajstić information content (AvgIpc) is 2.54. The SMILES string of the molecule is Cc1ccccc1C(=O)N(C(=N)N)C(=O)c1ccccc1C.OB(O)O. The van der Waals surface area contributed by atoms with Crippen molar-refractivity contribution < 1.29 is 24.7 Å². The molecule has 2 rings (SSSR count). The molecular weight excluding hydrogens is 337 g/mol. The number of hydrogen-bond acceptors (Lipinski definition) is 6. The molecule has 2 aromatic rings. The molecule has 0 atom stereocenters. The van der Waals surface area contributed by atoms with Gasteiger partial charge in [-0.05, 0) is 37.1 Å². The fourth-order valence-electron chi connectivity index (χ4n) is 2.18. The summed E-state index contributed by atoms with van der Waals surface area (Å²) in [6.45, 7) is 3.54. The normalized spacial score (nSPS) is 9.58. The monoisotopic (exact) mass is 357 g/mol. The van der Waals surface area contributed by atoms with E-state index < -0.39 is 25.1 Å². The largest absolute Gasteiger partial charge is 0.631 e. The van der Waals surface area contributed by atoms with Gasteiger partial charge in [-0.25, -0.2) is 4.90 Å². The van der Waals surface area contributed by atoms with Gasteiger partial charge in [0.25, 0.3) is 11.8 Å². The summed E-state index contributed by atoms with van der Waals surface area (Å²) in [4.78, 5) is 25.9. The van der Waals surface area contributed by atoms with E-state index in [4.69, 9.17) is 26.2 Å². The molecule has 8 nitrogen and oxygen atoms in total. The molecule has 2 aromatic carbocycles. The highest BCUT2D eigenvalue weighted by atomic mass is 16.5. The fourth-order valence-corrected chi connectivity index (χ4v) is 2.18. The van der Waals surface area contributed by atoms with Crippen LogP contribution < -0.4 is 5.73 Å². The van der Waals surface area contributed by atoms with Gasteiger partial charge in [0.05, 0.1) is 0 Å². The Labute approximate surface area is 151 Å². The Balaban J connectivity index is 0.000000765. The lowest BCUT2D eigenvalue weighted by Crippen LogP contribution is -2.46. The van der Waals surface area contributed by atoms with Crippen molar-refractivity contribution in [1.82, 2.24) is 4.90 Å². The molecule has 0 aliphatic heterocycles. The van der Waals surface area contributed by atoms with Crippen molar-refractivity contribution in [2.75, 3.05) is 0 Å². The summed E-state index contributed by atoms with van der Waals surface area (Å²) < 4.78 is 0. The smallest absolute Gasteiger partial charge is 0.402 e. The van der Waals surface area contributed by atoms with Crippen molar-refractivity contribution in [3.05, 3.63) is 70.8 Å². The van der Waals surface area contributed by atoms with Crippen LogP contribution in [0.5, 0.6) is 0 Å². The quantitative estimate of drug-likeness (QED) is 0.228. The molecule has 26 heavy (non-hydrogen) atoms. The highest BCUT2D eigenvalue weighted by Crippen LogP contribution is 2.15. The summed E-state index contributed by atoms with van der Waals surface area (Å²) in [5.74, 6) is -1.79. The van der Waals surface area contributed by atoms with Gasteiger partial charge in [-0.3, -0.25) is 15.0 Å². The fraction of sp³-hybridized carbons (Fsp3) is 0.118. The first-order chi connectivity index (χ1) is 12.2. The lowest BCUT2D eigenvalue weighted by atomic mass is 10.1. The molecule has 0 spiro atoms. The van der Waals surface area contributed by atoms with Crippen molar-refractivity contribution in [3.8, 4) is 0 Å². The lowest BCUT2D eigenvalue weighted by Gasteiger charge is -2.20. The molecule has 0 aliphatic rings. The van der Waals surface area contributed by atoms with Gasteiger partial charge in [0, 0.05) is 11.1 Å². The van der Waals surface area contributed by atoms with E-state index >= 15 is 0 Å². The average molecular weight is 357 g/mol.